The molecule has 24 heavy (non-hydrogen) atoms. The molecule has 1 saturated carbocycles. The fourth-order valence-electron chi connectivity index (χ4n) is 3.70. The molecule has 2 aromatic heterocycles. The van der Waals surface area contributed by atoms with E-state index in [0.29, 0.717) is 28.7 Å². The van der Waals surface area contributed by atoms with Crippen LogP contribution in [0.1, 0.15) is 50.8 Å². The van der Waals surface area contributed by atoms with E-state index in [1.165, 1.54) is 10.9 Å². The normalized spacial score (nSPS) is 21.3. The molecule has 1 fully saturated rings. The van der Waals surface area contributed by atoms with Crippen LogP contribution < -0.4 is 5.56 Å². The van der Waals surface area contributed by atoms with Crippen LogP contribution in [0.25, 0.3) is 5.65 Å². The van der Waals surface area contributed by atoms with E-state index in [9.17, 15) is 9.59 Å². The SMILES string of the molecule is Cc1nc2cc[nH]n2c(=O)c1CC(=O)O[C@@H]1CCCC[C@H]1C(C)C. The van der Waals surface area contributed by atoms with Gasteiger partial charge in [-0.1, -0.05) is 20.3 Å². The summed E-state index contributed by atoms with van der Waals surface area (Å²) in [5.41, 5.74) is 1.31. The zero-order valence-corrected chi connectivity index (χ0v) is 14.5. The number of nitrogens with zero attached hydrogens (tertiary/aromatic N) is 2. The molecular formula is C18H25N3O3. The average molecular weight is 331 g/mol. The molecule has 2 atom stereocenters. The molecule has 0 radical (unpaired) electrons. The summed E-state index contributed by atoms with van der Waals surface area (Å²) >= 11 is 0. The maximum Gasteiger partial charge on any atom is 0.310 e. The fraction of sp³-hybridized carbons (Fsp3) is 0.611. The molecule has 6 heteroatoms. The first-order chi connectivity index (χ1) is 11.5. The second-order valence-electron chi connectivity index (χ2n) is 7.03. The summed E-state index contributed by atoms with van der Waals surface area (Å²) in [7, 11) is 0. The number of ether oxygens (including phenoxy) is 1. The van der Waals surface area contributed by atoms with Crippen LogP contribution in [0, 0.1) is 18.8 Å². The molecule has 2 aromatic rings. The molecule has 0 saturated heterocycles. The van der Waals surface area contributed by atoms with E-state index < -0.39 is 0 Å². The number of nitrogens with one attached hydrogen (secondary N) is 1. The third-order valence-corrected chi connectivity index (χ3v) is 5.06. The van der Waals surface area contributed by atoms with Crippen molar-refractivity contribution in [3.8, 4) is 0 Å². The van der Waals surface area contributed by atoms with Crippen LogP contribution in [0.4, 0.5) is 0 Å². The molecule has 1 aliphatic rings. The minimum absolute atomic E-state index is 0.0268. The number of H-pyrrole nitrogens is 1. The van der Waals surface area contributed by atoms with Gasteiger partial charge in [0, 0.05) is 18.0 Å². The molecule has 0 aromatic carbocycles. The minimum Gasteiger partial charge on any atom is -0.462 e. The van der Waals surface area contributed by atoms with E-state index in [2.05, 4.69) is 23.9 Å². The highest BCUT2D eigenvalue weighted by molar-refractivity contribution is 5.73. The Bertz CT molecular complexity index is 790. The zero-order valence-electron chi connectivity index (χ0n) is 14.5. The largest absolute Gasteiger partial charge is 0.462 e. The Kier molecular flexibility index (Phi) is 4.73. The molecule has 0 bridgehead atoms. The summed E-state index contributed by atoms with van der Waals surface area (Å²) in [6, 6.07) is 1.73. The molecule has 1 N–H and O–H groups in total. The van der Waals surface area contributed by atoms with Crippen molar-refractivity contribution in [3.05, 3.63) is 33.9 Å². The summed E-state index contributed by atoms with van der Waals surface area (Å²) in [4.78, 5) is 29.3. The van der Waals surface area contributed by atoms with Gasteiger partial charge < -0.3 is 4.74 Å². The Morgan fingerprint density at radius 3 is 2.92 bits per heavy atom. The molecule has 6 nitrogen and oxygen atoms in total. The maximum absolute atomic E-state index is 12.5. The molecule has 0 unspecified atom stereocenters. The number of aromatic nitrogens is 3. The topological polar surface area (TPSA) is 76.5 Å². The van der Waals surface area contributed by atoms with Crippen LogP contribution in [-0.2, 0) is 16.0 Å². The Balaban J connectivity index is 1.76. The van der Waals surface area contributed by atoms with Crippen LogP contribution in [-0.4, -0.2) is 26.7 Å². The Morgan fingerprint density at radius 2 is 2.17 bits per heavy atom. The van der Waals surface area contributed by atoms with Gasteiger partial charge in [-0.3, -0.25) is 14.7 Å². The highest BCUT2D eigenvalue weighted by atomic mass is 16.5. The predicted octanol–water partition coefficient (Wildman–Crippen LogP) is 2.63. The van der Waals surface area contributed by atoms with Crippen LogP contribution in [0.2, 0.25) is 0 Å². The van der Waals surface area contributed by atoms with Gasteiger partial charge in [0.15, 0.2) is 5.65 Å². The Hall–Kier alpha value is -2.11. The second-order valence-corrected chi connectivity index (χ2v) is 7.03. The average Bonchev–Trinajstić information content (AvgIpc) is 3.00. The van der Waals surface area contributed by atoms with E-state index >= 15 is 0 Å². The van der Waals surface area contributed by atoms with Gasteiger partial charge in [0.2, 0.25) is 0 Å². The van der Waals surface area contributed by atoms with E-state index in [-0.39, 0.29) is 24.1 Å². The number of aromatic amines is 1. The van der Waals surface area contributed by atoms with Gasteiger partial charge in [-0.25, -0.2) is 9.50 Å². The number of hydrogen-bond acceptors (Lipinski definition) is 4. The van der Waals surface area contributed by atoms with E-state index in [0.717, 1.165) is 19.3 Å². The van der Waals surface area contributed by atoms with Gasteiger partial charge in [0.05, 0.1) is 12.0 Å². The fourth-order valence-corrected chi connectivity index (χ4v) is 3.70. The van der Waals surface area contributed by atoms with E-state index in [4.69, 9.17) is 4.74 Å². The minimum atomic E-state index is -0.332. The van der Waals surface area contributed by atoms with Gasteiger partial charge in [0.25, 0.3) is 5.56 Å². The number of rotatable bonds is 4. The van der Waals surface area contributed by atoms with Crippen LogP contribution >= 0.6 is 0 Å². The lowest BCUT2D eigenvalue weighted by molar-refractivity contribution is -0.154. The van der Waals surface area contributed by atoms with Gasteiger partial charge in [-0.05, 0) is 38.0 Å². The number of fused-ring (bicyclic) bond motifs is 1. The summed E-state index contributed by atoms with van der Waals surface area (Å²) in [5.74, 6) is 0.572. The molecule has 0 aliphatic heterocycles. The van der Waals surface area contributed by atoms with Crippen molar-refractivity contribution in [1.82, 2.24) is 14.6 Å². The highest BCUT2D eigenvalue weighted by Crippen LogP contribution is 2.32. The van der Waals surface area contributed by atoms with Crippen molar-refractivity contribution < 1.29 is 9.53 Å². The molecule has 130 valence electrons. The quantitative estimate of drug-likeness (QED) is 0.874. The maximum atomic E-state index is 12.5. The number of esters is 1. The summed E-state index contributed by atoms with van der Waals surface area (Å²) < 4.78 is 7.10. The molecule has 0 spiro atoms. The third kappa shape index (κ3) is 3.23. The molecule has 1 aliphatic carbocycles. The van der Waals surface area contributed by atoms with Crippen molar-refractivity contribution in [1.29, 1.82) is 0 Å². The van der Waals surface area contributed by atoms with Crippen molar-refractivity contribution in [2.45, 2.75) is 59.0 Å². The standard InChI is InChI=1S/C18H25N3O3/c1-11(2)13-6-4-5-7-15(13)24-17(22)10-14-12(3)20-16-8-9-19-21(16)18(14)23/h8-9,11,13,15,19H,4-7,10H2,1-3H3/t13-,15+/m0/s1. The molecule has 3 rings (SSSR count). The monoisotopic (exact) mass is 331 g/mol. The number of aryl methyl sites for hydroxylation is 1. The first kappa shape index (κ1) is 16.7. The number of carbonyl (C=O) groups is 1. The first-order valence-corrected chi connectivity index (χ1v) is 8.72. The third-order valence-electron chi connectivity index (χ3n) is 5.06. The van der Waals surface area contributed by atoms with E-state index in [1.54, 1.807) is 19.2 Å². The van der Waals surface area contributed by atoms with Crippen LogP contribution in [0.5, 0.6) is 0 Å². The van der Waals surface area contributed by atoms with Crippen LogP contribution in [0.3, 0.4) is 0 Å². The summed E-state index contributed by atoms with van der Waals surface area (Å²) in [6.45, 7) is 6.11. The molecular weight excluding hydrogens is 306 g/mol. The van der Waals surface area contributed by atoms with Crippen molar-refractivity contribution in [2.24, 2.45) is 11.8 Å². The molecule has 0 amide bonds. The van der Waals surface area contributed by atoms with Gasteiger partial charge >= 0.3 is 5.97 Å². The number of carbonyl (C=O) groups excluding carboxylic acids is 1. The molecule has 2 heterocycles. The van der Waals surface area contributed by atoms with Crippen molar-refractivity contribution in [3.63, 3.8) is 0 Å². The first-order valence-electron chi connectivity index (χ1n) is 8.72. The smallest absolute Gasteiger partial charge is 0.310 e. The Morgan fingerprint density at radius 1 is 1.42 bits per heavy atom. The van der Waals surface area contributed by atoms with Gasteiger partial charge in [0.1, 0.15) is 6.10 Å². The lowest BCUT2D eigenvalue weighted by Gasteiger charge is -2.33. The van der Waals surface area contributed by atoms with Crippen molar-refractivity contribution in [2.75, 3.05) is 0 Å². The summed E-state index contributed by atoms with van der Waals surface area (Å²) in [6.07, 6.45) is 5.91. The van der Waals surface area contributed by atoms with Gasteiger partial charge in [-0.2, -0.15) is 0 Å². The van der Waals surface area contributed by atoms with Crippen molar-refractivity contribution >= 4 is 11.6 Å². The van der Waals surface area contributed by atoms with Crippen LogP contribution in [0.15, 0.2) is 17.1 Å². The predicted molar refractivity (Wildman–Crippen MR) is 90.9 cm³/mol. The lowest BCUT2D eigenvalue weighted by Crippen LogP contribution is -2.34. The Labute approximate surface area is 141 Å². The zero-order chi connectivity index (χ0) is 17.3. The second kappa shape index (κ2) is 6.79. The van der Waals surface area contributed by atoms with E-state index in [1.807, 2.05) is 0 Å². The lowest BCUT2D eigenvalue weighted by atomic mass is 9.79. The van der Waals surface area contributed by atoms with Gasteiger partial charge in [-0.15, -0.1) is 0 Å². The summed E-state index contributed by atoms with van der Waals surface area (Å²) in [5, 5.41) is 2.82. The highest BCUT2D eigenvalue weighted by Gasteiger charge is 2.30. The number of hydrogen-bond donors (Lipinski definition) is 1.